The van der Waals surface area contributed by atoms with E-state index in [4.69, 9.17) is 9.84 Å². The molecule has 2 aromatic carbocycles. The number of aliphatic carboxylic acids is 1. The molecular weight excluding hydrogens is 342 g/mol. The third-order valence-electron chi connectivity index (χ3n) is 5.63. The Kier molecular flexibility index (Phi) is 4.94. The first kappa shape index (κ1) is 17.7. The van der Waals surface area contributed by atoms with E-state index in [9.17, 15) is 9.59 Å². The molecular formula is C22H23NO4. The Morgan fingerprint density at radius 3 is 2.07 bits per heavy atom. The summed E-state index contributed by atoms with van der Waals surface area (Å²) >= 11 is 0. The summed E-state index contributed by atoms with van der Waals surface area (Å²) in [5.41, 5.74) is 4.86. The fourth-order valence-corrected chi connectivity index (χ4v) is 4.24. The van der Waals surface area contributed by atoms with E-state index in [-0.39, 0.29) is 24.3 Å². The maximum Gasteiger partial charge on any atom is 0.317 e. The standard InChI is InChI=1S/C22H23NO4/c24-21(25)13-23-11-9-15(10-12-23)22(26)27-14-20-18-7-3-1-5-16(18)17-6-2-4-8-19(17)20/h1-8,15,20H,9-14H2,(H,24,25). The molecule has 1 saturated heterocycles. The molecule has 4 rings (SSSR count). The van der Waals surface area contributed by atoms with Gasteiger partial charge in [0.2, 0.25) is 0 Å². The van der Waals surface area contributed by atoms with Gasteiger partial charge in [-0.05, 0) is 48.2 Å². The molecule has 0 radical (unpaired) electrons. The average Bonchev–Trinajstić information content (AvgIpc) is 3.00. The zero-order valence-corrected chi connectivity index (χ0v) is 15.1. The number of fused-ring (bicyclic) bond motifs is 3. The molecule has 0 atom stereocenters. The predicted octanol–water partition coefficient (Wildman–Crippen LogP) is 3.14. The number of ether oxygens (including phenoxy) is 1. The predicted molar refractivity (Wildman–Crippen MR) is 101 cm³/mol. The van der Waals surface area contributed by atoms with Crippen LogP contribution in [0.5, 0.6) is 0 Å². The second-order valence-corrected chi connectivity index (χ2v) is 7.30. The van der Waals surface area contributed by atoms with E-state index in [0.717, 1.165) is 0 Å². The molecule has 1 heterocycles. The summed E-state index contributed by atoms with van der Waals surface area (Å²) < 4.78 is 5.72. The number of piperidine rings is 1. The minimum atomic E-state index is -0.824. The number of benzene rings is 2. The molecule has 0 unspecified atom stereocenters. The van der Waals surface area contributed by atoms with E-state index < -0.39 is 5.97 Å². The summed E-state index contributed by atoms with van der Waals surface area (Å²) in [6.45, 7) is 1.64. The van der Waals surface area contributed by atoms with Crippen LogP contribution in [-0.2, 0) is 14.3 Å². The van der Waals surface area contributed by atoms with Gasteiger partial charge in [0.25, 0.3) is 0 Å². The van der Waals surface area contributed by atoms with Crippen LogP contribution in [0, 0.1) is 5.92 Å². The minimum absolute atomic E-state index is 0.0391. The lowest BCUT2D eigenvalue weighted by Crippen LogP contribution is -2.39. The molecule has 5 heteroatoms. The molecule has 140 valence electrons. The Morgan fingerprint density at radius 1 is 0.963 bits per heavy atom. The number of carbonyl (C=O) groups is 2. The van der Waals surface area contributed by atoms with E-state index in [0.29, 0.717) is 32.5 Å². The molecule has 1 N–H and O–H groups in total. The van der Waals surface area contributed by atoms with Gasteiger partial charge in [-0.2, -0.15) is 0 Å². The number of hydrogen-bond acceptors (Lipinski definition) is 4. The highest BCUT2D eigenvalue weighted by molar-refractivity contribution is 5.79. The van der Waals surface area contributed by atoms with Crippen molar-refractivity contribution in [1.29, 1.82) is 0 Å². The zero-order valence-electron chi connectivity index (χ0n) is 15.1. The van der Waals surface area contributed by atoms with Crippen molar-refractivity contribution in [2.45, 2.75) is 18.8 Å². The van der Waals surface area contributed by atoms with Crippen molar-refractivity contribution in [2.75, 3.05) is 26.2 Å². The minimum Gasteiger partial charge on any atom is -0.480 e. The summed E-state index contributed by atoms with van der Waals surface area (Å²) in [6, 6.07) is 16.6. The van der Waals surface area contributed by atoms with E-state index in [2.05, 4.69) is 24.3 Å². The second kappa shape index (κ2) is 7.53. The Morgan fingerprint density at radius 2 is 1.52 bits per heavy atom. The fraction of sp³-hybridized carbons (Fsp3) is 0.364. The van der Waals surface area contributed by atoms with E-state index in [1.165, 1.54) is 22.3 Å². The number of carboxylic acids is 1. The summed E-state index contributed by atoms with van der Waals surface area (Å²) in [7, 11) is 0. The van der Waals surface area contributed by atoms with E-state index in [1.807, 2.05) is 29.2 Å². The molecule has 1 fully saturated rings. The topological polar surface area (TPSA) is 66.8 Å². The van der Waals surface area contributed by atoms with E-state index in [1.54, 1.807) is 0 Å². The van der Waals surface area contributed by atoms with Crippen molar-refractivity contribution in [2.24, 2.45) is 5.92 Å². The van der Waals surface area contributed by atoms with Gasteiger partial charge in [-0.25, -0.2) is 0 Å². The van der Waals surface area contributed by atoms with Gasteiger partial charge in [0.1, 0.15) is 6.61 Å². The van der Waals surface area contributed by atoms with Crippen molar-refractivity contribution in [3.05, 3.63) is 59.7 Å². The first-order valence-electron chi connectivity index (χ1n) is 9.42. The van der Waals surface area contributed by atoms with Gasteiger partial charge in [0, 0.05) is 5.92 Å². The SMILES string of the molecule is O=C(O)CN1CCC(C(=O)OCC2c3ccccc3-c3ccccc32)CC1. The van der Waals surface area contributed by atoms with Crippen LogP contribution < -0.4 is 0 Å². The number of carboxylic acid groups (broad SMARTS) is 1. The normalized spacial score (nSPS) is 17.3. The second-order valence-electron chi connectivity index (χ2n) is 7.30. The Labute approximate surface area is 158 Å². The maximum atomic E-state index is 12.6. The molecule has 0 aromatic heterocycles. The lowest BCUT2D eigenvalue weighted by molar-refractivity contribution is -0.150. The fourth-order valence-electron chi connectivity index (χ4n) is 4.24. The largest absolute Gasteiger partial charge is 0.480 e. The molecule has 27 heavy (non-hydrogen) atoms. The monoisotopic (exact) mass is 365 g/mol. The van der Waals surface area contributed by atoms with Crippen molar-refractivity contribution in [3.8, 4) is 11.1 Å². The van der Waals surface area contributed by atoms with Crippen LogP contribution in [0.15, 0.2) is 48.5 Å². The molecule has 2 aliphatic rings. The van der Waals surface area contributed by atoms with Crippen molar-refractivity contribution in [1.82, 2.24) is 4.90 Å². The number of carbonyl (C=O) groups excluding carboxylic acids is 1. The zero-order chi connectivity index (χ0) is 18.8. The van der Waals surface area contributed by atoms with Gasteiger partial charge < -0.3 is 9.84 Å². The van der Waals surface area contributed by atoms with Crippen LogP contribution in [0.1, 0.15) is 29.9 Å². The lowest BCUT2D eigenvalue weighted by atomic mass is 9.96. The first-order chi connectivity index (χ1) is 13.1. The quantitative estimate of drug-likeness (QED) is 0.825. The summed E-state index contributed by atoms with van der Waals surface area (Å²) in [6.07, 6.45) is 1.31. The number of nitrogens with zero attached hydrogens (tertiary/aromatic N) is 1. The number of rotatable bonds is 5. The van der Waals surface area contributed by atoms with Crippen LogP contribution in [0.4, 0.5) is 0 Å². The Hall–Kier alpha value is -2.66. The van der Waals surface area contributed by atoms with Gasteiger partial charge >= 0.3 is 11.9 Å². The first-order valence-corrected chi connectivity index (χ1v) is 9.42. The van der Waals surface area contributed by atoms with Crippen molar-refractivity contribution in [3.63, 3.8) is 0 Å². The van der Waals surface area contributed by atoms with Crippen LogP contribution in [0.2, 0.25) is 0 Å². The highest BCUT2D eigenvalue weighted by atomic mass is 16.5. The maximum absolute atomic E-state index is 12.6. The summed E-state index contributed by atoms with van der Waals surface area (Å²) in [5.74, 6) is -1.04. The third kappa shape index (κ3) is 3.60. The Bertz CT molecular complexity index is 809. The van der Waals surface area contributed by atoms with Gasteiger partial charge in [-0.15, -0.1) is 0 Å². The van der Waals surface area contributed by atoms with Crippen LogP contribution in [0.3, 0.4) is 0 Å². The van der Waals surface area contributed by atoms with Crippen molar-refractivity contribution < 1.29 is 19.4 Å². The van der Waals surface area contributed by atoms with Gasteiger partial charge in [-0.1, -0.05) is 48.5 Å². The van der Waals surface area contributed by atoms with Crippen LogP contribution >= 0.6 is 0 Å². The van der Waals surface area contributed by atoms with Crippen LogP contribution in [-0.4, -0.2) is 48.2 Å². The lowest BCUT2D eigenvalue weighted by Gasteiger charge is -2.29. The number of likely N-dealkylation sites (tertiary alicyclic amines) is 1. The molecule has 1 aliphatic heterocycles. The molecule has 0 saturated carbocycles. The summed E-state index contributed by atoms with van der Waals surface area (Å²) in [5, 5.41) is 8.87. The average molecular weight is 365 g/mol. The van der Waals surface area contributed by atoms with Gasteiger partial charge in [-0.3, -0.25) is 14.5 Å². The molecule has 2 aromatic rings. The highest BCUT2D eigenvalue weighted by Crippen LogP contribution is 2.44. The molecule has 1 aliphatic carbocycles. The molecule has 0 bridgehead atoms. The van der Waals surface area contributed by atoms with Gasteiger partial charge in [0.05, 0.1) is 12.5 Å². The smallest absolute Gasteiger partial charge is 0.317 e. The van der Waals surface area contributed by atoms with Crippen LogP contribution in [0.25, 0.3) is 11.1 Å². The number of hydrogen-bond donors (Lipinski definition) is 1. The Balaban J connectivity index is 1.39. The van der Waals surface area contributed by atoms with Crippen molar-refractivity contribution >= 4 is 11.9 Å². The molecule has 5 nitrogen and oxygen atoms in total. The summed E-state index contributed by atoms with van der Waals surface area (Å²) in [4.78, 5) is 25.2. The number of esters is 1. The van der Waals surface area contributed by atoms with E-state index >= 15 is 0 Å². The third-order valence-corrected chi connectivity index (χ3v) is 5.63. The molecule has 0 spiro atoms. The highest BCUT2D eigenvalue weighted by Gasteiger charge is 2.31. The van der Waals surface area contributed by atoms with Gasteiger partial charge in [0.15, 0.2) is 0 Å². The molecule has 0 amide bonds.